The zero-order valence-electron chi connectivity index (χ0n) is 32.4. The van der Waals surface area contributed by atoms with Crippen molar-refractivity contribution in [2.75, 3.05) is 19.8 Å². The number of carbonyl (C=O) groups is 2. The first-order chi connectivity index (χ1) is 24.8. The minimum atomic E-state index is -1.59. The van der Waals surface area contributed by atoms with Gasteiger partial charge in [-0.05, 0) is 32.1 Å². The maximum absolute atomic E-state index is 12.7. The summed E-state index contributed by atoms with van der Waals surface area (Å²) in [7, 11) is 0. The smallest absolute Gasteiger partial charge is 0.306 e. The van der Waals surface area contributed by atoms with Gasteiger partial charge < -0.3 is 39.4 Å². The maximum Gasteiger partial charge on any atom is 0.306 e. The average Bonchev–Trinajstić information content (AvgIpc) is 3.13. The molecule has 4 N–H and O–H groups in total. The summed E-state index contributed by atoms with van der Waals surface area (Å²) in [5.41, 5.74) is 0. The predicted molar refractivity (Wildman–Crippen MR) is 201 cm³/mol. The summed E-state index contributed by atoms with van der Waals surface area (Å²) in [6, 6.07) is 0. The molecule has 1 rings (SSSR count). The van der Waals surface area contributed by atoms with Gasteiger partial charge in [0.05, 0.1) is 13.2 Å². The van der Waals surface area contributed by atoms with Crippen molar-refractivity contribution < 1.29 is 49.0 Å². The van der Waals surface area contributed by atoms with Gasteiger partial charge in [-0.15, -0.1) is 0 Å². The fourth-order valence-corrected chi connectivity index (χ4v) is 6.29. The summed E-state index contributed by atoms with van der Waals surface area (Å²) in [6.07, 6.45) is 25.1. The molecular formula is C41H76O10. The molecule has 1 aliphatic heterocycles. The van der Waals surface area contributed by atoms with E-state index in [1.54, 1.807) is 0 Å². The molecule has 0 aromatic carbocycles. The number of unbranched alkanes of at least 4 members (excludes halogenated alkanes) is 21. The Bertz CT molecular complexity index is 850. The van der Waals surface area contributed by atoms with Gasteiger partial charge in [-0.2, -0.15) is 0 Å². The molecule has 0 aromatic rings. The highest BCUT2D eigenvalue weighted by Gasteiger charge is 2.44. The van der Waals surface area contributed by atoms with Crippen LogP contribution in [0.1, 0.15) is 181 Å². The zero-order chi connectivity index (χ0) is 37.4. The third-order valence-electron chi connectivity index (χ3n) is 9.65. The van der Waals surface area contributed by atoms with Gasteiger partial charge in [0.15, 0.2) is 12.4 Å². The second-order valence-corrected chi connectivity index (χ2v) is 14.4. The standard InChI is InChI=1S/C41H76O10/c1-3-5-7-9-11-13-15-16-17-18-20-21-23-25-27-29-36(43)48-32-34(33-49-41-40(47)39(46)38(45)35(31-42)51-41)50-37(44)30-28-26-24-22-19-14-12-10-8-6-4-2/h10,12,34-35,38-42,45-47H,3-9,11,13-33H2,1-2H3/b12-10-. The zero-order valence-corrected chi connectivity index (χ0v) is 32.4. The third kappa shape index (κ3) is 25.2. The molecule has 1 aliphatic rings. The lowest BCUT2D eigenvalue weighted by atomic mass is 9.99. The molecule has 0 amide bonds. The van der Waals surface area contributed by atoms with E-state index in [2.05, 4.69) is 26.0 Å². The van der Waals surface area contributed by atoms with E-state index in [9.17, 15) is 30.0 Å². The molecule has 6 unspecified atom stereocenters. The van der Waals surface area contributed by atoms with E-state index in [1.807, 2.05) is 0 Å². The van der Waals surface area contributed by atoms with Crippen LogP contribution in [0, 0.1) is 0 Å². The highest BCUT2D eigenvalue weighted by Crippen LogP contribution is 2.22. The van der Waals surface area contributed by atoms with Crippen molar-refractivity contribution in [3.05, 3.63) is 12.2 Å². The number of carbonyl (C=O) groups excluding carboxylic acids is 2. The Morgan fingerprint density at radius 2 is 1.06 bits per heavy atom. The van der Waals surface area contributed by atoms with Crippen LogP contribution in [0.5, 0.6) is 0 Å². The van der Waals surface area contributed by atoms with E-state index in [1.165, 1.54) is 89.9 Å². The molecule has 51 heavy (non-hydrogen) atoms. The largest absolute Gasteiger partial charge is 0.462 e. The minimum absolute atomic E-state index is 0.216. The summed E-state index contributed by atoms with van der Waals surface area (Å²) in [5, 5.41) is 39.9. The molecule has 0 spiro atoms. The number of rotatable bonds is 34. The Morgan fingerprint density at radius 1 is 0.588 bits per heavy atom. The molecule has 0 aliphatic carbocycles. The summed E-state index contributed by atoms with van der Waals surface area (Å²) in [6.45, 7) is 3.37. The highest BCUT2D eigenvalue weighted by molar-refractivity contribution is 5.70. The van der Waals surface area contributed by atoms with Gasteiger partial charge >= 0.3 is 11.9 Å². The molecule has 0 bridgehead atoms. The van der Waals surface area contributed by atoms with Gasteiger partial charge in [0.2, 0.25) is 0 Å². The van der Waals surface area contributed by atoms with E-state index >= 15 is 0 Å². The third-order valence-corrected chi connectivity index (χ3v) is 9.65. The van der Waals surface area contributed by atoms with Crippen molar-refractivity contribution >= 4 is 11.9 Å². The van der Waals surface area contributed by atoms with E-state index in [0.717, 1.165) is 57.8 Å². The fraction of sp³-hybridized carbons (Fsp3) is 0.902. The highest BCUT2D eigenvalue weighted by atomic mass is 16.7. The van der Waals surface area contributed by atoms with Crippen LogP contribution in [0.25, 0.3) is 0 Å². The van der Waals surface area contributed by atoms with Crippen LogP contribution in [0.3, 0.4) is 0 Å². The number of ether oxygens (including phenoxy) is 4. The summed E-state index contributed by atoms with van der Waals surface area (Å²) in [5.74, 6) is -0.812. The molecule has 1 saturated heterocycles. The van der Waals surface area contributed by atoms with Gasteiger partial charge in [0.1, 0.15) is 31.0 Å². The van der Waals surface area contributed by atoms with Crippen LogP contribution in [0.15, 0.2) is 12.2 Å². The van der Waals surface area contributed by atoms with Crippen molar-refractivity contribution in [3.63, 3.8) is 0 Å². The summed E-state index contributed by atoms with van der Waals surface area (Å²) < 4.78 is 22.1. The first-order valence-electron chi connectivity index (χ1n) is 20.8. The number of allylic oxidation sites excluding steroid dienone is 2. The Labute approximate surface area is 310 Å². The molecule has 1 heterocycles. The number of esters is 2. The van der Waals surface area contributed by atoms with E-state index in [-0.39, 0.29) is 32.0 Å². The second-order valence-electron chi connectivity index (χ2n) is 14.4. The normalized spacial score (nSPS) is 21.3. The predicted octanol–water partition coefficient (Wildman–Crippen LogP) is 8.00. The van der Waals surface area contributed by atoms with Gasteiger partial charge in [-0.1, -0.05) is 148 Å². The molecule has 10 nitrogen and oxygen atoms in total. The second kappa shape index (κ2) is 33.0. The first kappa shape index (κ1) is 47.5. The summed E-state index contributed by atoms with van der Waals surface area (Å²) >= 11 is 0. The molecule has 0 saturated carbocycles. The van der Waals surface area contributed by atoms with Crippen LogP contribution in [-0.2, 0) is 28.5 Å². The van der Waals surface area contributed by atoms with E-state index in [0.29, 0.717) is 6.42 Å². The molecule has 0 aromatic heterocycles. The monoisotopic (exact) mass is 729 g/mol. The lowest BCUT2D eigenvalue weighted by molar-refractivity contribution is -0.305. The minimum Gasteiger partial charge on any atom is -0.462 e. The van der Waals surface area contributed by atoms with Crippen LogP contribution in [0.2, 0.25) is 0 Å². The van der Waals surface area contributed by atoms with Crippen LogP contribution < -0.4 is 0 Å². The molecule has 300 valence electrons. The topological polar surface area (TPSA) is 152 Å². The molecular weight excluding hydrogens is 652 g/mol. The SMILES string of the molecule is CCCC/C=C\CCCCCCCC(=O)OC(COC(=O)CCCCCCCCCCCCCCCCC)COC1OC(CO)C(O)C(O)C1O. The van der Waals surface area contributed by atoms with Crippen LogP contribution in [-0.4, -0.2) is 89.0 Å². The Balaban J connectivity index is 2.35. The lowest BCUT2D eigenvalue weighted by Crippen LogP contribution is -2.59. The molecule has 6 atom stereocenters. The van der Waals surface area contributed by atoms with Crippen molar-refractivity contribution in [2.45, 2.75) is 218 Å². The quantitative estimate of drug-likeness (QED) is 0.0291. The molecule has 1 fully saturated rings. The van der Waals surface area contributed by atoms with E-state index < -0.39 is 49.4 Å². The maximum atomic E-state index is 12.7. The number of aliphatic hydroxyl groups is 4. The Morgan fingerprint density at radius 3 is 1.59 bits per heavy atom. The van der Waals surface area contributed by atoms with Gasteiger partial charge in [0, 0.05) is 12.8 Å². The molecule has 0 radical (unpaired) electrons. The van der Waals surface area contributed by atoms with Crippen molar-refractivity contribution in [2.24, 2.45) is 0 Å². The average molecular weight is 729 g/mol. The number of aliphatic hydroxyl groups excluding tert-OH is 4. The number of hydrogen-bond donors (Lipinski definition) is 4. The Hall–Kier alpha value is -1.56. The number of hydrogen-bond acceptors (Lipinski definition) is 10. The fourth-order valence-electron chi connectivity index (χ4n) is 6.29. The van der Waals surface area contributed by atoms with Crippen molar-refractivity contribution in [3.8, 4) is 0 Å². The van der Waals surface area contributed by atoms with Gasteiger partial charge in [0.25, 0.3) is 0 Å². The Kier molecular flexibility index (Phi) is 30.7. The van der Waals surface area contributed by atoms with Crippen molar-refractivity contribution in [1.29, 1.82) is 0 Å². The van der Waals surface area contributed by atoms with Crippen molar-refractivity contribution in [1.82, 2.24) is 0 Å². The van der Waals surface area contributed by atoms with Gasteiger partial charge in [-0.3, -0.25) is 9.59 Å². The van der Waals surface area contributed by atoms with Crippen LogP contribution in [0.4, 0.5) is 0 Å². The van der Waals surface area contributed by atoms with Gasteiger partial charge in [-0.25, -0.2) is 0 Å². The lowest BCUT2D eigenvalue weighted by Gasteiger charge is -2.39. The summed E-state index contributed by atoms with van der Waals surface area (Å²) in [4.78, 5) is 25.2. The first-order valence-corrected chi connectivity index (χ1v) is 20.8. The molecule has 10 heteroatoms. The van der Waals surface area contributed by atoms with Crippen LogP contribution >= 0.6 is 0 Å². The van der Waals surface area contributed by atoms with E-state index in [4.69, 9.17) is 18.9 Å².